The fourth-order valence-electron chi connectivity index (χ4n) is 2.21. The van der Waals surface area contributed by atoms with Gasteiger partial charge in [0.15, 0.2) is 0 Å². The first-order valence-electron chi connectivity index (χ1n) is 7.56. The number of nitrogens with zero attached hydrogens (tertiary/aromatic N) is 1. The predicted octanol–water partition coefficient (Wildman–Crippen LogP) is 4.18. The normalized spacial score (nSPS) is 12.3. The van der Waals surface area contributed by atoms with Gasteiger partial charge in [-0.15, -0.1) is 0 Å². The summed E-state index contributed by atoms with van der Waals surface area (Å²) in [6.07, 6.45) is 1.24. The van der Waals surface area contributed by atoms with Crippen LogP contribution in [0.25, 0.3) is 0 Å². The summed E-state index contributed by atoms with van der Waals surface area (Å²) in [6, 6.07) is 4.60. The molecule has 0 amide bonds. The minimum absolute atomic E-state index is 0.175. The highest BCUT2D eigenvalue weighted by Crippen LogP contribution is 2.32. The topological polar surface area (TPSA) is 12.5 Å². The molecule has 0 radical (unpaired) electrons. The average Bonchev–Trinajstić information content (AvgIpc) is 2.27. The van der Waals surface area contributed by atoms with Crippen LogP contribution in [0.3, 0.4) is 0 Å². The van der Waals surface area contributed by atoms with E-state index in [0.29, 0.717) is 0 Å². The predicted molar refractivity (Wildman–Crippen MR) is 87.9 cm³/mol. The lowest BCUT2D eigenvalue weighted by Crippen LogP contribution is -2.18. The molecule has 20 heavy (non-hydrogen) atoms. The molecule has 1 rings (SSSR count). The summed E-state index contributed by atoms with van der Waals surface area (Å²) in [7, 11) is 4.23. The third-order valence-corrected chi connectivity index (χ3v) is 3.40. The zero-order chi connectivity index (χ0) is 15.5. The van der Waals surface area contributed by atoms with E-state index in [1.54, 1.807) is 0 Å². The number of ether oxygens (including phenoxy) is 1. The van der Waals surface area contributed by atoms with Crippen LogP contribution in [0.5, 0.6) is 5.75 Å². The summed E-state index contributed by atoms with van der Waals surface area (Å²) in [5.41, 5.74) is 4.14. The molecule has 0 aliphatic carbocycles. The minimum Gasteiger partial charge on any atom is -0.490 e. The van der Waals surface area contributed by atoms with Gasteiger partial charge in [-0.3, -0.25) is 0 Å². The molecule has 0 bridgehead atoms. The van der Waals surface area contributed by atoms with E-state index in [0.717, 1.165) is 18.7 Å². The Kier molecular flexibility index (Phi) is 5.64. The van der Waals surface area contributed by atoms with Crippen molar-refractivity contribution in [2.45, 2.75) is 59.5 Å². The molecule has 114 valence electrons. The third kappa shape index (κ3) is 4.82. The van der Waals surface area contributed by atoms with E-state index in [-0.39, 0.29) is 11.5 Å². The number of likely N-dealkylation sites (N-methyl/N-ethyl adjacent to an activating group) is 1. The molecule has 0 spiro atoms. The van der Waals surface area contributed by atoms with Crippen LogP contribution in [-0.2, 0) is 11.8 Å². The molecule has 0 atom stereocenters. The van der Waals surface area contributed by atoms with Gasteiger partial charge >= 0.3 is 0 Å². The summed E-state index contributed by atoms with van der Waals surface area (Å²) in [6.45, 7) is 14.2. The Hall–Kier alpha value is -1.02. The molecule has 1 aromatic carbocycles. The van der Waals surface area contributed by atoms with Crippen molar-refractivity contribution in [3.63, 3.8) is 0 Å². The minimum atomic E-state index is 0.175. The van der Waals surface area contributed by atoms with Crippen molar-refractivity contribution in [1.29, 1.82) is 0 Å². The standard InChI is InChI=1S/C18H31NO/c1-13(2)20-17-14(3)11-16(18(4,5)6)12-15(17)9-10-19(7)8/h11-13H,9-10H2,1-8H3. The van der Waals surface area contributed by atoms with E-state index in [2.05, 4.69) is 72.7 Å². The summed E-state index contributed by atoms with van der Waals surface area (Å²) >= 11 is 0. The van der Waals surface area contributed by atoms with Crippen molar-refractivity contribution < 1.29 is 4.74 Å². The van der Waals surface area contributed by atoms with Gasteiger partial charge in [-0.05, 0) is 63.4 Å². The average molecular weight is 277 g/mol. The van der Waals surface area contributed by atoms with Gasteiger partial charge in [0.05, 0.1) is 6.10 Å². The van der Waals surface area contributed by atoms with Crippen molar-refractivity contribution in [3.8, 4) is 5.75 Å². The molecule has 1 aromatic rings. The van der Waals surface area contributed by atoms with Crippen molar-refractivity contribution >= 4 is 0 Å². The van der Waals surface area contributed by atoms with Crippen molar-refractivity contribution in [1.82, 2.24) is 4.90 Å². The molecule has 0 saturated carbocycles. The second kappa shape index (κ2) is 6.62. The fourth-order valence-corrected chi connectivity index (χ4v) is 2.21. The van der Waals surface area contributed by atoms with Crippen molar-refractivity contribution in [2.75, 3.05) is 20.6 Å². The number of benzene rings is 1. The lowest BCUT2D eigenvalue weighted by molar-refractivity contribution is 0.237. The molecule has 0 aliphatic rings. The van der Waals surface area contributed by atoms with E-state index < -0.39 is 0 Å². The second-order valence-electron chi connectivity index (χ2n) is 7.25. The van der Waals surface area contributed by atoms with Crippen LogP contribution in [0.1, 0.15) is 51.3 Å². The first-order chi connectivity index (χ1) is 9.11. The van der Waals surface area contributed by atoms with Gasteiger partial charge in [0.25, 0.3) is 0 Å². The quantitative estimate of drug-likeness (QED) is 0.800. The van der Waals surface area contributed by atoms with E-state index >= 15 is 0 Å². The number of aryl methyl sites for hydroxylation is 1. The van der Waals surface area contributed by atoms with Crippen LogP contribution in [0, 0.1) is 6.92 Å². The van der Waals surface area contributed by atoms with Crippen LogP contribution in [-0.4, -0.2) is 31.6 Å². The third-order valence-electron chi connectivity index (χ3n) is 3.40. The Labute approximate surface area is 125 Å². The number of hydrogen-bond acceptors (Lipinski definition) is 2. The van der Waals surface area contributed by atoms with Crippen molar-refractivity contribution in [3.05, 3.63) is 28.8 Å². The van der Waals surface area contributed by atoms with Gasteiger partial charge in [-0.2, -0.15) is 0 Å². The molecular formula is C18H31NO. The van der Waals surface area contributed by atoms with Gasteiger partial charge in [0.1, 0.15) is 5.75 Å². The van der Waals surface area contributed by atoms with Crippen LogP contribution in [0.2, 0.25) is 0 Å². The largest absolute Gasteiger partial charge is 0.490 e. The summed E-state index contributed by atoms with van der Waals surface area (Å²) in [5.74, 6) is 1.08. The Morgan fingerprint density at radius 3 is 2.20 bits per heavy atom. The zero-order valence-corrected chi connectivity index (χ0v) is 14.5. The highest BCUT2D eigenvalue weighted by Gasteiger charge is 2.18. The Morgan fingerprint density at radius 1 is 1.15 bits per heavy atom. The molecule has 2 heteroatoms. The van der Waals surface area contributed by atoms with Gasteiger partial charge in [0.2, 0.25) is 0 Å². The van der Waals surface area contributed by atoms with E-state index in [1.165, 1.54) is 16.7 Å². The first-order valence-corrected chi connectivity index (χ1v) is 7.56. The van der Waals surface area contributed by atoms with Gasteiger partial charge in [-0.25, -0.2) is 0 Å². The molecule has 0 aromatic heterocycles. The lowest BCUT2D eigenvalue weighted by atomic mass is 9.84. The smallest absolute Gasteiger partial charge is 0.125 e. The zero-order valence-electron chi connectivity index (χ0n) is 14.5. The molecule has 0 saturated heterocycles. The van der Waals surface area contributed by atoms with Crippen LogP contribution in [0.15, 0.2) is 12.1 Å². The van der Waals surface area contributed by atoms with E-state index in [1.807, 2.05) is 0 Å². The summed E-state index contributed by atoms with van der Waals surface area (Å²) < 4.78 is 6.06. The van der Waals surface area contributed by atoms with Crippen molar-refractivity contribution in [2.24, 2.45) is 0 Å². The maximum absolute atomic E-state index is 6.06. The summed E-state index contributed by atoms with van der Waals surface area (Å²) in [4.78, 5) is 2.22. The molecular weight excluding hydrogens is 246 g/mol. The van der Waals surface area contributed by atoms with Gasteiger partial charge in [0, 0.05) is 6.54 Å². The lowest BCUT2D eigenvalue weighted by Gasteiger charge is -2.24. The van der Waals surface area contributed by atoms with Gasteiger partial charge < -0.3 is 9.64 Å². The highest BCUT2D eigenvalue weighted by atomic mass is 16.5. The Balaban J connectivity index is 3.21. The van der Waals surface area contributed by atoms with Crippen LogP contribution in [0.4, 0.5) is 0 Å². The Bertz CT molecular complexity index is 441. The molecule has 0 fully saturated rings. The van der Waals surface area contributed by atoms with Crippen LogP contribution < -0.4 is 4.74 Å². The summed E-state index contributed by atoms with van der Waals surface area (Å²) in [5, 5.41) is 0. The maximum Gasteiger partial charge on any atom is 0.125 e. The molecule has 0 heterocycles. The SMILES string of the molecule is Cc1cc(C(C)(C)C)cc(CCN(C)C)c1OC(C)C. The van der Waals surface area contributed by atoms with E-state index in [9.17, 15) is 0 Å². The molecule has 0 aliphatic heterocycles. The maximum atomic E-state index is 6.06. The second-order valence-corrected chi connectivity index (χ2v) is 7.25. The van der Waals surface area contributed by atoms with E-state index in [4.69, 9.17) is 4.74 Å². The molecule has 0 N–H and O–H groups in total. The highest BCUT2D eigenvalue weighted by molar-refractivity contribution is 5.46. The monoisotopic (exact) mass is 277 g/mol. The molecule has 2 nitrogen and oxygen atoms in total. The fraction of sp³-hybridized carbons (Fsp3) is 0.667. The number of rotatable bonds is 5. The first kappa shape index (κ1) is 17.0. The number of hydrogen-bond donors (Lipinski definition) is 0. The van der Waals surface area contributed by atoms with Gasteiger partial charge in [-0.1, -0.05) is 32.9 Å². The molecule has 0 unspecified atom stereocenters. The Morgan fingerprint density at radius 2 is 1.75 bits per heavy atom. The van der Waals surface area contributed by atoms with Crippen LogP contribution >= 0.6 is 0 Å².